The summed E-state index contributed by atoms with van der Waals surface area (Å²) in [5.41, 5.74) is 0. The van der Waals surface area contributed by atoms with Crippen molar-refractivity contribution in [2.24, 2.45) is 0 Å². The minimum absolute atomic E-state index is 0.0846. The van der Waals surface area contributed by atoms with Crippen LogP contribution in [0, 0.1) is 0 Å². The van der Waals surface area contributed by atoms with Gasteiger partial charge in [-0.15, -0.1) is 0 Å². The lowest BCUT2D eigenvalue weighted by Gasteiger charge is -2.18. The molecule has 0 aromatic rings. The highest BCUT2D eigenvalue weighted by Gasteiger charge is 2.19. The summed E-state index contributed by atoms with van der Waals surface area (Å²) in [5.74, 6) is -0.928. The largest absolute Gasteiger partial charge is 0.462 e. The van der Waals surface area contributed by atoms with E-state index in [2.05, 4.69) is 69.4 Å². The van der Waals surface area contributed by atoms with Crippen LogP contribution in [0.15, 0.2) is 48.6 Å². The maximum Gasteiger partial charge on any atom is 0.306 e. The lowest BCUT2D eigenvalue weighted by atomic mass is 10.1. The molecule has 0 rings (SSSR count). The Morgan fingerprint density at radius 3 is 1.07 bits per heavy atom. The first-order valence-corrected chi connectivity index (χ1v) is 22.6. The van der Waals surface area contributed by atoms with Gasteiger partial charge in [-0.2, -0.15) is 0 Å². The van der Waals surface area contributed by atoms with E-state index in [4.69, 9.17) is 14.2 Å². The van der Waals surface area contributed by atoms with Gasteiger partial charge in [0, 0.05) is 19.3 Å². The fourth-order valence-electron chi connectivity index (χ4n) is 6.09. The van der Waals surface area contributed by atoms with Gasteiger partial charge in [-0.1, -0.05) is 166 Å². The Kier molecular flexibility index (Phi) is 41.0. The quantitative estimate of drug-likeness (QED) is 0.0268. The second kappa shape index (κ2) is 43.1. The minimum Gasteiger partial charge on any atom is -0.462 e. The minimum atomic E-state index is -0.780. The van der Waals surface area contributed by atoms with E-state index in [1.165, 1.54) is 70.6 Å². The number of unbranched alkanes of at least 4 members (excludes halogenated alkanes) is 21. The summed E-state index contributed by atoms with van der Waals surface area (Å²) in [6, 6.07) is 0. The summed E-state index contributed by atoms with van der Waals surface area (Å²) >= 11 is 0. The van der Waals surface area contributed by atoms with Crippen LogP contribution >= 0.6 is 0 Å². The van der Waals surface area contributed by atoms with E-state index in [9.17, 15) is 14.4 Å². The zero-order valence-electron chi connectivity index (χ0n) is 35.5. The van der Waals surface area contributed by atoms with E-state index >= 15 is 0 Å². The molecule has 0 aliphatic rings. The normalized spacial score (nSPS) is 12.4. The van der Waals surface area contributed by atoms with Crippen molar-refractivity contribution < 1.29 is 28.6 Å². The number of carbonyl (C=O) groups excluding carboxylic acids is 3. The molecule has 0 saturated carbocycles. The van der Waals surface area contributed by atoms with Crippen molar-refractivity contribution in [3.8, 4) is 0 Å². The first-order chi connectivity index (χ1) is 26.5. The Bertz CT molecular complexity index is 964. The lowest BCUT2D eigenvalue weighted by molar-refractivity contribution is -0.167. The standard InChI is InChI=1S/C48H84O6/c1-4-7-10-13-15-17-19-21-23-25-26-28-30-32-35-38-41-47(50)53-44-45(43-52-46(49)40-37-34-12-9-6-3)54-48(51)42-39-36-33-31-29-27-24-22-20-18-16-14-11-8-5-2/h16-19,22-25,45H,4-15,20-21,26-44H2,1-3H3/b18-16-,19-17-,24-22-,25-23-. The number of hydrogen-bond acceptors (Lipinski definition) is 6. The number of rotatable bonds is 40. The van der Waals surface area contributed by atoms with Crippen molar-refractivity contribution in [2.75, 3.05) is 13.2 Å². The van der Waals surface area contributed by atoms with Gasteiger partial charge in [0.25, 0.3) is 0 Å². The van der Waals surface area contributed by atoms with Gasteiger partial charge in [0.2, 0.25) is 0 Å². The molecule has 1 unspecified atom stereocenters. The molecule has 0 aliphatic carbocycles. The van der Waals surface area contributed by atoms with Gasteiger partial charge in [0.1, 0.15) is 13.2 Å². The number of esters is 3. The molecule has 0 amide bonds. The highest BCUT2D eigenvalue weighted by atomic mass is 16.6. The van der Waals surface area contributed by atoms with Gasteiger partial charge in [-0.3, -0.25) is 14.4 Å². The third kappa shape index (κ3) is 40.6. The van der Waals surface area contributed by atoms with Crippen LogP contribution in [0.5, 0.6) is 0 Å². The van der Waals surface area contributed by atoms with Crippen molar-refractivity contribution >= 4 is 17.9 Å². The molecular formula is C48H84O6. The Balaban J connectivity index is 4.28. The van der Waals surface area contributed by atoms with Crippen LogP contribution in [-0.2, 0) is 28.6 Å². The maximum absolute atomic E-state index is 12.7. The highest BCUT2D eigenvalue weighted by Crippen LogP contribution is 2.13. The average molecular weight is 757 g/mol. The third-order valence-electron chi connectivity index (χ3n) is 9.56. The molecule has 0 spiro atoms. The lowest BCUT2D eigenvalue weighted by Crippen LogP contribution is -2.30. The summed E-state index contributed by atoms with van der Waals surface area (Å²) in [6.45, 7) is 6.47. The van der Waals surface area contributed by atoms with Crippen LogP contribution in [0.3, 0.4) is 0 Å². The molecule has 1 atom stereocenters. The van der Waals surface area contributed by atoms with E-state index in [-0.39, 0.29) is 31.1 Å². The molecule has 0 bridgehead atoms. The topological polar surface area (TPSA) is 78.9 Å². The van der Waals surface area contributed by atoms with E-state index < -0.39 is 6.10 Å². The van der Waals surface area contributed by atoms with Crippen LogP contribution in [0.1, 0.15) is 220 Å². The van der Waals surface area contributed by atoms with Crippen LogP contribution in [0.2, 0.25) is 0 Å². The van der Waals surface area contributed by atoms with E-state index in [0.29, 0.717) is 19.3 Å². The van der Waals surface area contributed by atoms with Crippen LogP contribution < -0.4 is 0 Å². The average Bonchev–Trinajstić information content (AvgIpc) is 3.17. The first kappa shape index (κ1) is 51.4. The van der Waals surface area contributed by atoms with Gasteiger partial charge >= 0.3 is 17.9 Å². The number of carbonyl (C=O) groups is 3. The molecule has 6 heteroatoms. The summed E-state index contributed by atoms with van der Waals surface area (Å²) < 4.78 is 16.6. The fourth-order valence-corrected chi connectivity index (χ4v) is 6.09. The van der Waals surface area contributed by atoms with Crippen LogP contribution in [0.25, 0.3) is 0 Å². The predicted molar refractivity (Wildman–Crippen MR) is 229 cm³/mol. The van der Waals surface area contributed by atoms with Crippen molar-refractivity contribution in [1.29, 1.82) is 0 Å². The van der Waals surface area contributed by atoms with E-state index in [1.54, 1.807) is 0 Å². The summed E-state index contributed by atoms with van der Waals surface area (Å²) in [5, 5.41) is 0. The molecule has 0 fully saturated rings. The number of hydrogen-bond donors (Lipinski definition) is 0. The van der Waals surface area contributed by atoms with Gasteiger partial charge in [0.05, 0.1) is 0 Å². The Morgan fingerprint density at radius 1 is 0.370 bits per heavy atom. The fraction of sp³-hybridized carbons (Fsp3) is 0.771. The van der Waals surface area contributed by atoms with E-state index in [0.717, 1.165) is 109 Å². The molecule has 0 aliphatic heterocycles. The molecule has 312 valence electrons. The monoisotopic (exact) mass is 757 g/mol. The summed E-state index contributed by atoms with van der Waals surface area (Å²) in [6.07, 6.45) is 49.7. The van der Waals surface area contributed by atoms with Crippen molar-refractivity contribution in [1.82, 2.24) is 0 Å². The van der Waals surface area contributed by atoms with Gasteiger partial charge in [-0.05, 0) is 83.5 Å². The molecule has 6 nitrogen and oxygen atoms in total. The maximum atomic E-state index is 12.7. The molecular weight excluding hydrogens is 673 g/mol. The zero-order valence-corrected chi connectivity index (χ0v) is 35.5. The van der Waals surface area contributed by atoms with Gasteiger partial charge in [0.15, 0.2) is 6.10 Å². The second-order valence-corrected chi connectivity index (χ2v) is 15.0. The van der Waals surface area contributed by atoms with E-state index in [1.807, 2.05) is 0 Å². The SMILES string of the molecule is CCCCC/C=C\C/C=C\CCCCCCCC(=O)OC(COC(=O)CCCCCCC)COC(=O)CCCCCCC/C=C\C/C=C\CCCCCC. The number of ether oxygens (including phenoxy) is 3. The predicted octanol–water partition coefficient (Wildman–Crippen LogP) is 14.4. The summed E-state index contributed by atoms with van der Waals surface area (Å²) in [7, 11) is 0. The highest BCUT2D eigenvalue weighted by molar-refractivity contribution is 5.71. The zero-order chi connectivity index (χ0) is 39.4. The molecule has 0 saturated heterocycles. The van der Waals surface area contributed by atoms with Crippen molar-refractivity contribution in [2.45, 2.75) is 226 Å². The molecule has 0 heterocycles. The van der Waals surface area contributed by atoms with Crippen molar-refractivity contribution in [3.05, 3.63) is 48.6 Å². The van der Waals surface area contributed by atoms with Gasteiger partial charge in [-0.25, -0.2) is 0 Å². The molecule has 0 N–H and O–H groups in total. The molecule has 0 aromatic heterocycles. The Hall–Kier alpha value is -2.63. The van der Waals surface area contributed by atoms with Crippen LogP contribution in [-0.4, -0.2) is 37.2 Å². The van der Waals surface area contributed by atoms with Crippen LogP contribution in [0.4, 0.5) is 0 Å². The third-order valence-corrected chi connectivity index (χ3v) is 9.56. The Morgan fingerprint density at radius 2 is 0.667 bits per heavy atom. The molecule has 0 radical (unpaired) electrons. The second-order valence-electron chi connectivity index (χ2n) is 15.0. The summed E-state index contributed by atoms with van der Waals surface area (Å²) in [4.78, 5) is 37.5. The first-order valence-electron chi connectivity index (χ1n) is 22.6. The molecule has 0 aromatic carbocycles. The molecule has 54 heavy (non-hydrogen) atoms. The van der Waals surface area contributed by atoms with Crippen molar-refractivity contribution in [3.63, 3.8) is 0 Å². The Labute approximate surface area is 333 Å². The number of allylic oxidation sites excluding steroid dienone is 8. The smallest absolute Gasteiger partial charge is 0.306 e. The van der Waals surface area contributed by atoms with Gasteiger partial charge < -0.3 is 14.2 Å².